The zero-order valence-electron chi connectivity index (χ0n) is 15.1. The number of hydrogen-bond donors (Lipinski definition) is 2. The number of rotatable bonds is 5. The number of anilines is 1. The van der Waals surface area contributed by atoms with Crippen molar-refractivity contribution < 1.29 is 9.69 Å². The van der Waals surface area contributed by atoms with Crippen molar-refractivity contribution in [2.45, 2.75) is 26.8 Å². The highest BCUT2D eigenvalue weighted by Crippen LogP contribution is 2.24. The van der Waals surface area contributed by atoms with E-state index in [4.69, 9.17) is 4.98 Å². The number of benzene rings is 2. The molecule has 0 radical (unpaired) electrons. The summed E-state index contributed by atoms with van der Waals surface area (Å²) >= 11 is 1.71. The first-order valence-electron chi connectivity index (χ1n) is 8.49. The largest absolute Gasteiger partial charge is 0.322 e. The predicted molar refractivity (Wildman–Crippen MR) is 104 cm³/mol. The Bertz CT molecular complexity index is 850. The van der Waals surface area contributed by atoms with Gasteiger partial charge in [-0.05, 0) is 44.0 Å². The van der Waals surface area contributed by atoms with E-state index < -0.39 is 0 Å². The summed E-state index contributed by atoms with van der Waals surface area (Å²) < 4.78 is 1.19. The van der Waals surface area contributed by atoms with Crippen LogP contribution in [0.4, 0.5) is 5.69 Å². The molecule has 2 aromatic carbocycles. The summed E-state index contributed by atoms with van der Waals surface area (Å²) in [6.45, 7) is 6.57. The van der Waals surface area contributed by atoms with Gasteiger partial charge in [0, 0.05) is 5.69 Å². The van der Waals surface area contributed by atoms with Gasteiger partial charge in [-0.15, -0.1) is 11.3 Å². The molecular formula is C20H24N3OS+. The summed E-state index contributed by atoms with van der Waals surface area (Å²) in [5.41, 5.74) is 4.13. The number of carbonyl (C=O) groups is 1. The number of likely N-dealkylation sites (N-methyl/N-ethyl adjacent to an activating group) is 1. The van der Waals surface area contributed by atoms with Gasteiger partial charge in [-0.25, -0.2) is 4.98 Å². The third-order valence-corrected chi connectivity index (χ3v) is 5.82. The van der Waals surface area contributed by atoms with Gasteiger partial charge in [0.1, 0.15) is 6.04 Å². The molecule has 1 aromatic heterocycles. The topological polar surface area (TPSA) is 46.4 Å². The van der Waals surface area contributed by atoms with Gasteiger partial charge >= 0.3 is 0 Å². The van der Waals surface area contributed by atoms with Crippen LogP contribution < -0.4 is 10.2 Å². The third kappa shape index (κ3) is 3.89. The molecule has 0 spiro atoms. The smallest absolute Gasteiger partial charge is 0.279 e. The van der Waals surface area contributed by atoms with Crippen LogP contribution in [-0.2, 0) is 4.79 Å². The van der Waals surface area contributed by atoms with E-state index >= 15 is 0 Å². The maximum absolute atomic E-state index is 12.5. The molecule has 5 heteroatoms. The van der Waals surface area contributed by atoms with Crippen LogP contribution in [0.3, 0.4) is 0 Å². The molecule has 2 N–H and O–H groups in total. The molecule has 3 aromatic rings. The number of aromatic nitrogens is 1. The quantitative estimate of drug-likeness (QED) is 0.739. The molecule has 3 rings (SSSR count). The lowest BCUT2D eigenvalue weighted by molar-refractivity contribution is -0.902. The van der Waals surface area contributed by atoms with E-state index in [2.05, 4.69) is 18.3 Å². The molecule has 0 aliphatic carbocycles. The molecule has 1 unspecified atom stereocenters. The zero-order chi connectivity index (χ0) is 18.0. The molecule has 1 heterocycles. The van der Waals surface area contributed by atoms with Gasteiger partial charge in [0.25, 0.3) is 5.91 Å². The normalized spacial score (nSPS) is 13.6. The standard InChI is InChI=1S/C20H23N3OS/c1-13-8-7-9-14(2)19(13)22-18(24)12-23(4)15(3)20-21-16-10-5-6-11-17(16)25-20/h5-11,15H,12H2,1-4H3,(H,22,24)/p+1/t15-/m1/s1. The fourth-order valence-corrected chi connectivity index (χ4v) is 4.00. The molecule has 0 bridgehead atoms. The highest BCUT2D eigenvalue weighted by Gasteiger charge is 2.22. The minimum Gasteiger partial charge on any atom is -0.322 e. The maximum Gasteiger partial charge on any atom is 0.279 e. The second-order valence-corrected chi connectivity index (χ2v) is 7.64. The number of fused-ring (bicyclic) bond motifs is 1. The molecule has 0 saturated heterocycles. The summed E-state index contributed by atoms with van der Waals surface area (Å²) in [4.78, 5) is 18.3. The first kappa shape index (κ1) is 17.6. The Balaban J connectivity index is 1.68. The predicted octanol–water partition coefficient (Wildman–Crippen LogP) is 3.13. The Hall–Kier alpha value is -2.24. The Morgan fingerprint density at radius 1 is 1.16 bits per heavy atom. The van der Waals surface area contributed by atoms with E-state index in [-0.39, 0.29) is 11.9 Å². The van der Waals surface area contributed by atoms with E-state index in [1.807, 2.05) is 57.3 Å². The van der Waals surface area contributed by atoms with Crippen LogP contribution in [0.15, 0.2) is 42.5 Å². The van der Waals surface area contributed by atoms with Gasteiger partial charge in [0.05, 0.1) is 17.3 Å². The lowest BCUT2D eigenvalue weighted by Crippen LogP contribution is -3.10. The number of para-hydroxylation sites is 2. The molecule has 4 nitrogen and oxygen atoms in total. The van der Waals surface area contributed by atoms with Crippen molar-refractivity contribution in [3.05, 3.63) is 58.6 Å². The van der Waals surface area contributed by atoms with Crippen molar-refractivity contribution >= 4 is 33.1 Å². The Labute approximate surface area is 152 Å². The molecular weight excluding hydrogens is 330 g/mol. The molecule has 0 aliphatic heterocycles. The van der Waals surface area contributed by atoms with Crippen molar-refractivity contribution in [2.75, 3.05) is 18.9 Å². The van der Waals surface area contributed by atoms with E-state index in [0.717, 1.165) is 32.2 Å². The average Bonchev–Trinajstić information content (AvgIpc) is 3.01. The number of thiazole rings is 1. The summed E-state index contributed by atoms with van der Waals surface area (Å²) in [6, 6.07) is 14.4. The van der Waals surface area contributed by atoms with Crippen molar-refractivity contribution in [1.29, 1.82) is 0 Å². The maximum atomic E-state index is 12.5. The van der Waals surface area contributed by atoms with Crippen LogP contribution in [-0.4, -0.2) is 24.5 Å². The highest BCUT2D eigenvalue weighted by molar-refractivity contribution is 7.18. The van der Waals surface area contributed by atoms with Crippen LogP contribution >= 0.6 is 11.3 Å². The number of nitrogens with one attached hydrogen (secondary N) is 2. The SMILES string of the molecule is Cc1cccc(C)c1NC(=O)C[NH+](C)[C@H](C)c1nc2ccccc2s1. The monoisotopic (exact) mass is 354 g/mol. The van der Waals surface area contributed by atoms with Gasteiger partial charge in [-0.1, -0.05) is 30.3 Å². The minimum absolute atomic E-state index is 0.0304. The minimum atomic E-state index is 0.0304. The number of carbonyl (C=O) groups excluding carboxylic acids is 1. The van der Waals surface area contributed by atoms with Gasteiger partial charge in [-0.3, -0.25) is 4.79 Å². The van der Waals surface area contributed by atoms with Crippen molar-refractivity contribution in [2.24, 2.45) is 0 Å². The Morgan fingerprint density at radius 3 is 2.52 bits per heavy atom. The van der Waals surface area contributed by atoms with Crippen LogP contribution in [0.25, 0.3) is 10.2 Å². The first-order valence-corrected chi connectivity index (χ1v) is 9.31. The molecule has 0 saturated carbocycles. The number of amides is 1. The van der Waals surface area contributed by atoms with E-state index in [9.17, 15) is 4.79 Å². The summed E-state index contributed by atoms with van der Waals surface area (Å²) in [7, 11) is 2.04. The second kappa shape index (κ2) is 7.33. The van der Waals surface area contributed by atoms with Crippen LogP contribution in [0.1, 0.15) is 29.1 Å². The van der Waals surface area contributed by atoms with Crippen LogP contribution in [0.5, 0.6) is 0 Å². The number of nitrogens with zero attached hydrogens (tertiary/aromatic N) is 1. The molecule has 0 fully saturated rings. The molecule has 25 heavy (non-hydrogen) atoms. The Morgan fingerprint density at radius 2 is 1.84 bits per heavy atom. The lowest BCUT2D eigenvalue weighted by atomic mass is 10.1. The third-order valence-electron chi connectivity index (χ3n) is 4.60. The molecule has 130 valence electrons. The highest BCUT2D eigenvalue weighted by atomic mass is 32.1. The zero-order valence-corrected chi connectivity index (χ0v) is 15.9. The van der Waals surface area contributed by atoms with Crippen LogP contribution in [0.2, 0.25) is 0 Å². The summed E-state index contributed by atoms with van der Waals surface area (Å²) in [5.74, 6) is 0.0304. The fraction of sp³-hybridized carbons (Fsp3) is 0.300. The van der Waals surface area contributed by atoms with Crippen molar-refractivity contribution in [3.8, 4) is 0 Å². The van der Waals surface area contributed by atoms with Gasteiger partial charge < -0.3 is 10.2 Å². The van der Waals surface area contributed by atoms with Crippen molar-refractivity contribution in [3.63, 3.8) is 0 Å². The number of aryl methyl sites for hydroxylation is 2. The van der Waals surface area contributed by atoms with Gasteiger partial charge in [0.2, 0.25) is 0 Å². The first-order chi connectivity index (χ1) is 12.0. The fourth-order valence-electron chi connectivity index (χ4n) is 2.89. The van der Waals surface area contributed by atoms with Crippen molar-refractivity contribution in [1.82, 2.24) is 4.98 Å². The van der Waals surface area contributed by atoms with Crippen LogP contribution in [0, 0.1) is 13.8 Å². The van der Waals surface area contributed by atoms with E-state index in [1.165, 1.54) is 4.70 Å². The number of hydrogen-bond acceptors (Lipinski definition) is 3. The second-order valence-electron chi connectivity index (χ2n) is 6.58. The molecule has 2 atom stereocenters. The Kier molecular flexibility index (Phi) is 5.16. The van der Waals surface area contributed by atoms with Gasteiger partial charge in [-0.2, -0.15) is 0 Å². The molecule has 0 aliphatic rings. The van der Waals surface area contributed by atoms with Gasteiger partial charge in [0.15, 0.2) is 11.6 Å². The van der Waals surface area contributed by atoms with E-state index in [1.54, 1.807) is 11.3 Å². The average molecular weight is 354 g/mol. The molecule has 1 amide bonds. The van der Waals surface area contributed by atoms with E-state index in [0.29, 0.717) is 6.54 Å². The summed E-state index contributed by atoms with van der Waals surface area (Å²) in [6.07, 6.45) is 0. The number of quaternary nitrogens is 1. The lowest BCUT2D eigenvalue weighted by Gasteiger charge is -2.20. The summed E-state index contributed by atoms with van der Waals surface area (Å²) in [5, 5.41) is 4.13.